The normalized spacial score (nSPS) is 12.2. The van der Waals surface area contributed by atoms with Crippen molar-refractivity contribution in [3.63, 3.8) is 0 Å². The van der Waals surface area contributed by atoms with Crippen LogP contribution in [0.5, 0.6) is 5.75 Å². The van der Waals surface area contributed by atoms with Gasteiger partial charge in [-0.15, -0.1) is 0 Å². The lowest BCUT2D eigenvalue weighted by molar-refractivity contribution is 0.414. The van der Waals surface area contributed by atoms with Gasteiger partial charge in [-0.2, -0.15) is 0 Å². The van der Waals surface area contributed by atoms with E-state index in [2.05, 4.69) is 64.6 Å². The first-order valence-electron chi connectivity index (χ1n) is 6.31. The van der Waals surface area contributed by atoms with Crippen LogP contribution in [0.15, 0.2) is 53.0 Å². The van der Waals surface area contributed by atoms with Crippen LogP contribution in [0.4, 0.5) is 0 Å². The standard InChI is InChI=1S/C16H18BrNO/c1-12(14-5-9-16(19-2)10-6-14)18-11-13-3-7-15(17)8-4-13/h3-10,12,18H,11H2,1-2H3/t12-/m0/s1. The third-order valence-corrected chi connectivity index (χ3v) is 3.67. The zero-order valence-electron chi connectivity index (χ0n) is 11.2. The van der Waals surface area contributed by atoms with E-state index >= 15 is 0 Å². The highest BCUT2D eigenvalue weighted by Crippen LogP contribution is 2.18. The van der Waals surface area contributed by atoms with Crippen molar-refractivity contribution in [2.75, 3.05) is 7.11 Å². The Morgan fingerprint density at radius 3 is 2.26 bits per heavy atom. The van der Waals surface area contributed by atoms with E-state index in [9.17, 15) is 0 Å². The highest BCUT2D eigenvalue weighted by atomic mass is 79.9. The predicted molar refractivity (Wildman–Crippen MR) is 82.4 cm³/mol. The van der Waals surface area contributed by atoms with Crippen LogP contribution in [0.25, 0.3) is 0 Å². The van der Waals surface area contributed by atoms with E-state index in [-0.39, 0.29) is 0 Å². The molecule has 1 atom stereocenters. The average molecular weight is 320 g/mol. The first-order chi connectivity index (χ1) is 9.19. The molecule has 3 heteroatoms. The Labute approximate surface area is 122 Å². The maximum absolute atomic E-state index is 5.16. The summed E-state index contributed by atoms with van der Waals surface area (Å²) in [6.45, 7) is 3.03. The smallest absolute Gasteiger partial charge is 0.118 e. The minimum atomic E-state index is 0.314. The minimum absolute atomic E-state index is 0.314. The van der Waals surface area contributed by atoms with E-state index in [1.807, 2.05) is 12.1 Å². The van der Waals surface area contributed by atoms with Gasteiger partial charge in [-0.3, -0.25) is 0 Å². The summed E-state index contributed by atoms with van der Waals surface area (Å²) in [6.07, 6.45) is 0. The number of hydrogen-bond donors (Lipinski definition) is 1. The number of halogens is 1. The predicted octanol–water partition coefficient (Wildman–Crippen LogP) is 4.31. The van der Waals surface area contributed by atoms with Gasteiger partial charge in [0.05, 0.1) is 7.11 Å². The molecule has 19 heavy (non-hydrogen) atoms. The van der Waals surface area contributed by atoms with Gasteiger partial charge in [-0.1, -0.05) is 40.2 Å². The lowest BCUT2D eigenvalue weighted by atomic mass is 10.1. The summed E-state index contributed by atoms with van der Waals surface area (Å²) in [5.41, 5.74) is 2.54. The molecule has 0 saturated heterocycles. The first-order valence-corrected chi connectivity index (χ1v) is 7.10. The van der Waals surface area contributed by atoms with Crippen molar-refractivity contribution in [1.29, 1.82) is 0 Å². The van der Waals surface area contributed by atoms with E-state index < -0.39 is 0 Å². The maximum atomic E-state index is 5.16. The molecule has 0 radical (unpaired) electrons. The third kappa shape index (κ3) is 4.08. The van der Waals surface area contributed by atoms with Gasteiger partial charge < -0.3 is 10.1 Å². The lowest BCUT2D eigenvalue weighted by Gasteiger charge is -2.14. The zero-order chi connectivity index (χ0) is 13.7. The highest BCUT2D eigenvalue weighted by Gasteiger charge is 2.04. The molecule has 0 fully saturated rings. The molecule has 1 N–H and O–H groups in total. The molecular formula is C16H18BrNO. The molecule has 0 bridgehead atoms. The third-order valence-electron chi connectivity index (χ3n) is 3.14. The number of nitrogens with one attached hydrogen (secondary N) is 1. The number of benzene rings is 2. The number of methoxy groups -OCH3 is 1. The fourth-order valence-electron chi connectivity index (χ4n) is 1.88. The van der Waals surface area contributed by atoms with E-state index in [1.165, 1.54) is 11.1 Å². The molecule has 2 aromatic rings. The summed E-state index contributed by atoms with van der Waals surface area (Å²) in [4.78, 5) is 0. The van der Waals surface area contributed by atoms with Crippen LogP contribution < -0.4 is 10.1 Å². The maximum Gasteiger partial charge on any atom is 0.118 e. The second-order valence-corrected chi connectivity index (χ2v) is 5.42. The molecule has 100 valence electrons. The minimum Gasteiger partial charge on any atom is -0.497 e. The topological polar surface area (TPSA) is 21.3 Å². The van der Waals surface area contributed by atoms with Gasteiger partial charge in [0.1, 0.15) is 5.75 Å². The first kappa shape index (κ1) is 14.1. The molecule has 2 nitrogen and oxygen atoms in total. The summed E-state index contributed by atoms with van der Waals surface area (Å²) in [7, 11) is 1.68. The van der Waals surface area contributed by atoms with Gasteiger partial charge in [-0.25, -0.2) is 0 Å². The highest BCUT2D eigenvalue weighted by molar-refractivity contribution is 9.10. The summed E-state index contributed by atoms with van der Waals surface area (Å²) >= 11 is 3.44. The second kappa shape index (κ2) is 6.73. The number of rotatable bonds is 5. The molecule has 0 aromatic heterocycles. The SMILES string of the molecule is COc1ccc([C@H](C)NCc2ccc(Br)cc2)cc1. The van der Waals surface area contributed by atoms with Crippen LogP contribution in [0.1, 0.15) is 24.1 Å². The molecule has 0 aliphatic carbocycles. The molecule has 0 spiro atoms. The van der Waals surface area contributed by atoms with Crippen molar-refractivity contribution in [2.45, 2.75) is 19.5 Å². The Bertz CT molecular complexity index is 507. The molecule has 0 heterocycles. The van der Waals surface area contributed by atoms with Crippen molar-refractivity contribution in [3.05, 3.63) is 64.1 Å². The Morgan fingerprint density at radius 2 is 1.68 bits per heavy atom. The van der Waals surface area contributed by atoms with Crippen molar-refractivity contribution in [1.82, 2.24) is 5.32 Å². The number of hydrogen-bond acceptors (Lipinski definition) is 2. The fourth-order valence-corrected chi connectivity index (χ4v) is 2.15. The van der Waals surface area contributed by atoms with E-state index in [1.54, 1.807) is 7.11 Å². The summed E-state index contributed by atoms with van der Waals surface area (Å²) < 4.78 is 6.28. The van der Waals surface area contributed by atoms with Crippen LogP contribution in [-0.4, -0.2) is 7.11 Å². The van der Waals surface area contributed by atoms with Crippen LogP contribution >= 0.6 is 15.9 Å². The van der Waals surface area contributed by atoms with Crippen LogP contribution in [0.3, 0.4) is 0 Å². The van der Waals surface area contributed by atoms with Crippen molar-refractivity contribution >= 4 is 15.9 Å². The zero-order valence-corrected chi connectivity index (χ0v) is 12.8. The van der Waals surface area contributed by atoms with E-state index in [0.717, 1.165) is 16.8 Å². The average Bonchev–Trinajstić information content (AvgIpc) is 2.46. The quantitative estimate of drug-likeness (QED) is 0.886. The summed E-state index contributed by atoms with van der Waals surface area (Å²) in [5, 5.41) is 3.52. The molecule has 0 aliphatic heterocycles. The van der Waals surface area contributed by atoms with Gasteiger partial charge in [0.25, 0.3) is 0 Å². The molecule has 0 saturated carbocycles. The van der Waals surface area contributed by atoms with E-state index in [4.69, 9.17) is 4.74 Å². The Morgan fingerprint density at radius 1 is 1.05 bits per heavy atom. The number of ether oxygens (including phenoxy) is 1. The molecular weight excluding hydrogens is 302 g/mol. The van der Waals surface area contributed by atoms with Gasteiger partial charge in [-0.05, 0) is 42.3 Å². The van der Waals surface area contributed by atoms with Gasteiger partial charge in [0.15, 0.2) is 0 Å². The van der Waals surface area contributed by atoms with Gasteiger partial charge in [0.2, 0.25) is 0 Å². The molecule has 0 unspecified atom stereocenters. The van der Waals surface area contributed by atoms with Crippen LogP contribution in [0.2, 0.25) is 0 Å². The van der Waals surface area contributed by atoms with Crippen molar-refractivity contribution in [2.24, 2.45) is 0 Å². The van der Waals surface area contributed by atoms with E-state index in [0.29, 0.717) is 6.04 Å². The van der Waals surface area contributed by atoms with Gasteiger partial charge >= 0.3 is 0 Å². The van der Waals surface area contributed by atoms with Gasteiger partial charge in [0, 0.05) is 17.1 Å². The van der Waals surface area contributed by atoms with Crippen LogP contribution in [-0.2, 0) is 6.54 Å². The van der Waals surface area contributed by atoms with Crippen molar-refractivity contribution < 1.29 is 4.74 Å². The summed E-state index contributed by atoms with van der Waals surface area (Å²) in [5.74, 6) is 0.892. The molecule has 2 aromatic carbocycles. The second-order valence-electron chi connectivity index (χ2n) is 4.50. The molecule has 0 aliphatic rings. The van der Waals surface area contributed by atoms with Crippen molar-refractivity contribution in [3.8, 4) is 5.75 Å². The lowest BCUT2D eigenvalue weighted by Crippen LogP contribution is -2.17. The Kier molecular flexibility index (Phi) is 5.00. The van der Waals surface area contributed by atoms with Crippen LogP contribution in [0, 0.1) is 0 Å². The Hall–Kier alpha value is -1.32. The largest absolute Gasteiger partial charge is 0.497 e. The monoisotopic (exact) mass is 319 g/mol. The molecule has 0 amide bonds. The Balaban J connectivity index is 1.93. The summed E-state index contributed by atoms with van der Waals surface area (Å²) in [6, 6.07) is 16.9. The fraction of sp³-hybridized carbons (Fsp3) is 0.250. The molecule has 2 rings (SSSR count).